The Morgan fingerprint density at radius 1 is 1.65 bits per heavy atom. The monoisotopic (exact) mass is 253 g/mol. The topological polar surface area (TPSA) is 67.2 Å². The molecule has 5 nitrogen and oxygen atoms in total. The van der Waals surface area contributed by atoms with Gasteiger partial charge >= 0.3 is 0 Å². The molecule has 92 valence electrons. The number of carbonyl (C=O) groups excluding carboxylic acids is 1. The fourth-order valence-corrected chi connectivity index (χ4v) is 2.72. The summed E-state index contributed by atoms with van der Waals surface area (Å²) in [6, 6.07) is 1.87. The van der Waals surface area contributed by atoms with Gasteiger partial charge in [0.1, 0.15) is 4.83 Å². The van der Waals surface area contributed by atoms with Crippen LogP contribution in [-0.2, 0) is 7.05 Å². The van der Waals surface area contributed by atoms with Crippen LogP contribution in [-0.4, -0.2) is 33.9 Å². The van der Waals surface area contributed by atoms with Gasteiger partial charge in [0, 0.05) is 25.6 Å². The van der Waals surface area contributed by atoms with E-state index in [1.807, 2.05) is 20.0 Å². The Hall–Kier alpha value is -1.40. The number of carbonyl (C=O) groups is 1. The van der Waals surface area contributed by atoms with Gasteiger partial charge in [0.2, 0.25) is 0 Å². The van der Waals surface area contributed by atoms with Crippen LogP contribution in [0.4, 0.5) is 0 Å². The molecule has 0 aliphatic carbocycles. The lowest BCUT2D eigenvalue weighted by Gasteiger charge is -2.00. The summed E-state index contributed by atoms with van der Waals surface area (Å²) in [4.78, 5) is 13.5. The van der Waals surface area contributed by atoms with Crippen molar-refractivity contribution in [3.05, 3.63) is 16.6 Å². The summed E-state index contributed by atoms with van der Waals surface area (Å²) >= 11 is 1.44. The van der Waals surface area contributed by atoms with E-state index in [-0.39, 0.29) is 12.5 Å². The lowest BCUT2D eigenvalue weighted by Crippen LogP contribution is -2.24. The average Bonchev–Trinajstić information content (AvgIpc) is 2.82. The predicted molar refractivity (Wildman–Crippen MR) is 67.4 cm³/mol. The van der Waals surface area contributed by atoms with Crippen LogP contribution in [0.1, 0.15) is 21.8 Å². The number of aromatic nitrogens is 2. The van der Waals surface area contributed by atoms with Crippen molar-refractivity contribution in [2.24, 2.45) is 7.05 Å². The van der Waals surface area contributed by atoms with E-state index in [1.54, 1.807) is 4.68 Å². The maximum Gasteiger partial charge on any atom is 0.261 e. The number of nitrogens with zero attached hydrogens (tertiary/aromatic N) is 2. The van der Waals surface area contributed by atoms with Crippen molar-refractivity contribution in [1.29, 1.82) is 0 Å². The van der Waals surface area contributed by atoms with Gasteiger partial charge in [-0.1, -0.05) is 0 Å². The van der Waals surface area contributed by atoms with Crippen LogP contribution in [0.25, 0.3) is 10.2 Å². The molecule has 6 heteroatoms. The number of fused-ring (bicyclic) bond motifs is 1. The maximum atomic E-state index is 11.8. The maximum absolute atomic E-state index is 11.8. The highest BCUT2D eigenvalue weighted by molar-refractivity contribution is 7.20. The fourth-order valence-electron chi connectivity index (χ4n) is 1.69. The molecule has 0 atom stereocenters. The number of thiophene rings is 1. The van der Waals surface area contributed by atoms with Gasteiger partial charge in [-0.25, -0.2) is 0 Å². The van der Waals surface area contributed by atoms with Gasteiger partial charge in [0.15, 0.2) is 0 Å². The predicted octanol–water partition coefficient (Wildman–Crippen LogP) is 1.06. The first-order chi connectivity index (χ1) is 8.13. The van der Waals surface area contributed by atoms with E-state index in [0.29, 0.717) is 17.8 Å². The number of hydrogen-bond acceptors (Lipinski definition) is 4. The summed E-state index contributed by atoms with van der Waals surface area (Å²) in [5.41, 5.74) is 0.938. The number of aliphatic hydroxyl groups is 1. The van der Waals surface area contributed by atoms with Crippen molar-refractivity contribution < 1.29 is 9.90 Å². The van der Waals surface area contributed by atoms with Crippen LogP contribution < -0.4 is 5.32 Å². The highest BCUT2D eigenvalue weighted by atomic mass is 32.1. The Labute approximate surface area is 103 Å². The summed E-state index contributed by atoms with van der Waals surface area (Å²) in [6.45, 7) is 2.53. The molecule has 2 N–H and O–H groups in total. The van der Waals surface area contributed by atoms with Crippen molar-refractivity contribution in [2.75, 3.05) is 13.2 Å². The van der Waals surface area contributed by atoms with E-state index in [9.17, 15) is 4.79 Å². The summed E-state index contributed by atoms with van der Waals surface area (Å²) in [7, 11) is 1.87. The van der Waals surface area contributed by atoms with Crippen molar-refractivity contribution in [2.45, 2.75) is 13.3 Å². The van der Waals surface area contributed by atoms with Crippen molar-refractivity contribution in [3.63, 3.8) is 0 Å². The second-order valence-electron chi connectivity index (χ2n) is 3.87. The molecule has 2 aromatic heterocycles. The number of aliphatic hydroxyl groups excluding tert-OH is 1. The minimum Gasteiger partial charge on any atom is -0.396 e. The second-order valence-corrected chi connectivity index (χ2v) is 4.90. The molecule has 0 saturated carbocycles. The normalized spacial score (nSPS) is 11.0. The first-order valence-electron chi connectivity index (χ1n) is 5.45. The summed E-state index contributed by atoms with van der Waals surface area (Å²) in [6.07, 6.45) is 0.581. The fraction of sp³-hybridized carbons (Fsp3) is 0.455. The van der Waals surface area contributed by atoms with Crippen molar-refractivity contribution >= 4 is 27.5 Å². The standard InChI is InChI=1S/C11H15N3O2S/c1-7-8-6-9(10(16)12-4-3-5-15)17-11(8)14(2)13-7/h6,15H,3-5H2,1-2H3,(H,12,16). The van der Waals surface area contributed by atoms with Gasteiger partial charge < -0.3 is 10.4 Å². The lowest BCUT2D eigenvalue weighted by molar-refractivity contribution is 0.0955. The van der Waals surface area contributed by atoms with E-state index in [1.165, 1.54) is 11.3 Å². The number of amides is 1. The van der Waals surface area contributed by atoms with Gasteiger partial charge in [0.25, 0.3) is 5.91 Å². The quantitative estimate of drug-likeness (QED) is 0.800. The smallest absolute Gasteiger partial charge is 0.261 e. The van der Waals surface area contributed by atoms with E-state index in [0.717, 1.165) is 15.9 Å². The summed E-state index contributed by atoms with van der Waals surface area (Å²) in [5, 5.41) is 16.7. The third kappa shape index (κ3) is 2.32. The molecular weight excluding hydrogens is 238 g/mol. The van der Waals surface area contributed by atoms with Crippen LogP contribution in [0.3, 0.4) is 0 Å². The zero-order valence-electron chi connectivity index (χ0n) is 9.86. The minimum atomic E-state index is -0.0842. The van der Waals surface area contributed by atoms with Crippen LogP contribution >= 0.6 is 11.3 Å². The highest BCUT2D eigenvalue weighted by Crippen LogP contribution is 2.27. The number of rotatable bonds is 4. The molecule has 2 rings (SSSR count). The van der Waals surface area contributed by atoms with Crippen LogP contribution in [0.15, 0.2) is 6.07 Å². The van der Waals surface area contributed by atoms with Crippen LogP contribution in [0.5, 0.6) is 0 Å². The van der Waals surface area contributed by atoms with E-state index in [4.69, 9.17) is 5.11 Å². The SMILES string of the molecule is Cc1nn(C)c2sc(C(=O)NCCCO)cc12. The van der Waals surface area contributed by atoms with Gasteiger partial charge in [0.05, 0.1) is 10.6 Å². The zero-order chi connectivity index (χ0) is 12.4. The molecule has 0 unspecified atom stereocenters. The Morgan fingerprint density at radius 3 is 3.06 bits per heavy atom. The van der Waals surface area contributed by atoms with Gasteiger partial charge in [-0.2, -0.15) is 5.10 Å². The third-order valence-electron chi connectivity index (χ3n) is 2.54. The molecule has 2 aromatic rings. The number of nitrogens with one attached hydrogen (secondary N) is 1. The molecule has 0 fully saturated rings. The van der Waals surface area contributed by atoms with Crippen LogP contribution in [0.2, 0.25) is 0 Å². The first-order valence-corrected chi connectivity index (χ1v) is 6.27. The highest BCUT2D eigenvalue weighted by Gasteiger charge is 2.14. The molecule has 1 amide bonds. The summed E-state index contributed by atoms with van der Waals surface area (Å²) in [5.74, 6) is -0.0842. The molecule has 0 bridgehead atoms. The lowest BCUT2D eigenvalue weighted by atomic mass is 10.3. The molecule has 0 spiro atoms. The number of aryl methyl sites for hydroxylation is 2. The Balaban J connectivity index is 2.19. The Bertz CT molecular complexity index is 510. The molecule has 17 heavy (non-hydrogen) atoms. The van der Waals surface area contributed by atoms with Crippen molar-refractivity contribution in [3.8, 4) is 0 Å². The molecule has 2 heterocycles. The van der Waals surface area contributed by atoms with Gasteiger partial charge in [-0.15, -0.1) is 11.3 Å². The average molecular weight is 253 g/mol. The van der Waals surface area contributed by atoms with E-state index < -0.39 is 0 Å². The minimum absolute atomic E-state index is 0.0842. The third-order valence-corrected chi connectivity index (χ3v) is 3.74. The molecule has 0 aliphatic heterocycles. The number of hydrogen-bond donors (Lipinski definition) is 2. The Kier molecular flexibility index (Phi) is 3.44. The molecular formula is C11H15N3O2S. The zero-order valence-corrected chi connectivity index (χ0v) is 10.7. The molecule has 0 aromatic carbocycles. The van der Waals surface area contributed by atoms with Gasteiger partial charge in [-0.05, 0) is 19.4 Å². The molecule has 0 radical (unpaired) electrons. The van der Waals surface area contributed by atoms with E-state index >= 15 is 0 Å². The van der Waals surface area contributed by atoms with E-state index in [2.05, 4.69) is 10.4 Å². The second kappa shape index (κ2) is 4.85. The Morgan fingerprint density at radius 2 is 2.41 bits per heavy atom. The van der Waals surface area contributed by atoms with Gasteiger partial charge in [-0.3, -0.25) is 9.48 Å². The molecule has 0 saturated heterocycles. The largest absolute Gasteiger partial charge is 0.396 e. The van der Waals surface area contributed by atoms with Crippen LogP contribution in [0, 0.1) is 6.92 Å². The molecule has 0 aliphatic rings. The summed E-state index contributed by atoms with van der Waals surface area (Å²) < 4.78 is 1.79. The van der Waals surface area contributed by atoms with Crippen molar-refractivity contribution in [1.82, 2.24) is 15.1 Å². The first kappa shape index (κ1) is 12.1.